The molecule has 0 fully saturated rings. The molecule has 2 aromatic rings. The van der Waals surface area contributed by atoms with Crippen LogP contribution in [0.3, 0.4) is 0 Å². The first-order chi connectivity index (χ1) is 12.8. The van der Waals surface area contributed by atoms with Gasteiger partial charge in [-0.1, -0.05) is 0 Å². The molecule has 12 heteroatoms. The highest BCUT2D eigenvalue weighted by atomic mass is 127. The van der Waals surface area contributed by atoms with Gasteiger partial charge < -0.3 is 15.5 Å². The third kappa shape index (κ3) is 7.73. The van der Waals surface area contributed by atoms with Gasteiger partial charge in [0, 0.05) is 31.7 Å². The maximum Gasteiger partial charge on any atom is 0.433 e. The number of aryl methyl sites for hydroxylation is 1. The number of rotatable bonds is 7. The van der Waals surface area contributed by atoms with Crippen LogP contribution in [0, 0.1) is 6.92 Å². The second-order valence-electron chi connectivity index (χ2n) is 5.64. The van der Waals surface area contributed by atoms with Crippen molar-refractivity contribution in [3.8, 4) is 0 Å². The molecule has 0 saturated carbocycles. The summed E-state index contributed by atoms with van der Waals surface area (Å²) in [7, 11) is 1.90. The van der Waals surface area contributed by atoms with Crippen LogP contribution in [0.5, 0.6) is 0 Å². The molecular formula is C16H23F3IN7S. The molecule has 0 aliphatic rings. The Morgan fingerprint density at radius 3 is 2.68 bits per heavy atom. The fraction of sp³-hybridized carbons (Fsp3) is 0.500. The third-order valence-corrected chi connectivity index (χ3v) is 4.19. The number of aliphatic imine (C=N–C) groups is 1. The zero-order chi connectivity index (χ0) is 19.9. The zero-order valence-electron chi connectivity index (χ0n) is 15.7. The van der Waals surface area contributed by atoms with E-state index >= 15 is 0 Å². The lowest BCUT2D eigenvalue weighted by molar-refractivity contribution is -0.141. The van der Waals surface area contributed by atoms with E-state index in [9.17, 15) is 13.2 Å². The molecule has 0 saturated heterocycles. The van der Waals surface area contributed by atoms with Gasteiger partial charge in [0.15, 0.2) is 5.96 Å². The van der Waals surface area contributed by atoms with Gasteiger partial charge in [-0.15, -0.1) is 35.3 Å². The first-order valence-electron chi connectivity index (χ1n) is 8.34. The van der Waals surface area contributed by atoms with E-state index in [1.807, 2.05) is 31.2 Å². The van der Waals surface area contributed by atoms with Crippen molar-refractivity contribution in [2.24, 2.45) is 4.99 Å². The Labute approximate surface area is 182 Å². The first kappa shape index (κ1) is 24.3. The molecule has 156 valence electrons. The molecule has 28 heavy (non-hydrogen) atoms. The number of anilines is 1. The number of halogens is 4. The Bertz CT molecular complexity index is 767. The van der Waals surface area contributed by atoms with Crippen LogP contribution in [0.4, 0.5) is 19.1 Å². The van der Waals surface area contributed by atoms with E-state index < -0.39 is 11.9 Å². The van der Waals surface area contributed by atoms with E-state index in [-0.39, 0.29) is 29.9 Å². The SMILES string of the molecule is CCNC(=NCCNc1nccc(C(F)(F)F)n1)N(C)Cc1csc(C)n1.I. The first-order valence-corrected chi connectivity index (χ1v) is 9.22. The number of hydrogen-bond acceptors (Lipinski definition) is 6. The van der Waals surface area contributed by atoms with Crippen LogP contribution in [0.2, 0.25) is 0 Å². The quantitative estimate of drug-likeness (QED) is 0.248. The van der Waals surface area contributed by atoms with Crippen LogP contribution in [0.1, 0.15) is 23.3 Å². The van der Waals surface area contributed by atoms with Crippen LogP contribution >= 0.6 is 35.3 Å². The topological polar surface area (TPSA) is 78.3 Å². The fourth-order valence-electron chi connectivity index (χ4n) is 2.20. The minimum Gasteiger partial charge on any atom is -0.357 e. The molecule has 7 nitrogen and oxygen atoms in total. The minimum atomic E-state index is -4.49. The molecule has 2 N–H and O–H groups in total. The molecular weight excluding hydrogens is 506 g/mol. The summed E-state index contributed by atoms with van der Waals surface area (Å²) in [6, 6.07) is 0.835. The highest BCUT2D eigenvalue weighted by Gasteiger charge is 2.32. The maximum atomic E-state index is 12.7. The van der Waals surface area contributed by atoms with Gasteiger partial charge >= 0.3 is 6.18 Å². The zero-order valence-corrected chi connectivity index (χ0v) is 18.9. The highest BCUT2D eigenvalue weighted by molar-refractivity contribution is 14.0. The van der Waals surface area contributed by atoms with E-state index in [1.165, 1.54) is 0 Å². The normalized spacial score (nSPS) is 11.7. The summed E-state index contributed by atoms with van der Waals surface area (Å²) in [6.45, 7) is 5.88. The second-order valence-corrected chi connectivity index (χ2v) is 6.70. The highest BCUT2D eigenvalue weighted by Crippen LogP contribution is 2.27. The van der Waals surface area contributed by atoms with E-state index in [0.717, 1.165) is 23.0 Å². The molecule has 0 unspecified atom stereocenters. The molecule has 0 bridgehead atoms. The van der Waals surface area contributed by atoms with Crippen LogP contribution in [0.25, 0.3) is 0 Å². The van der Waals surface area contributed by atoms with Gasteiger partial charge in [0.1, 0.15) is 5.69 Å². The number of thiazole rings is 1. The van der Waals surface area contributed by atoms with Crippen molar-refractivity contribution in [1.29, 1.82) is 0 Å². The van der Waals surface area contributed by atoms with Crippen molar-refractivity contribution >= 4 is 47.2 Å². The molecule has 2 rings (SSSR count). The number of alkyl halides is 3. The lowest BCUT2D eigenvalue weighted by atomic mass is 10.4. The van der Waals surface area contributed by atoms with Gasteiger partial charge in [-0.25, -0.2) is 15.0 Å². The predicted octanol–water partition coefficient (Wildman–Crippen LogP) is 3.39. The Kier molecular flexibility index (Phi) is 9.85. The van der Waals surface area contributed by atoms with Crippen molar-refractivity contribution in [3.05, 3.63) is 34.0 Å². The van der Waals surface area contributed by atoms with Crippen molar-refractivity contribution in [2.45, 2.75) is 26.6 Å². The lowest BCUT2D eigenvalue weighted by Gasteiger charge is -2.21. The van der Waals surface area contributed by atoms with E-state index in [0.29, 0.717) is 32.1 Å². The summed E-state index contributed by atoms with van der Waals surface area (Å²) >= 11 is 1.59. The minimum absolute atomic E-state index is 0. The number of aromatic nitrogens is 3. The largest absolute Gasteiger partial charge is 0.433 e. The van der Waals surface area contributed by atoms with Gasteiger partial charge in [-0.2, -0.15) is 13.2 Å². The molecule has 0 aliphatic carbocycles. The molecule has 0 amide bonds. The molecule has 2 heterocycles. The number of nitrogens with one attached hydrogen (secondary N) is 2. The fourth-order valence-corrected chi connectivity index (χ4v) is 2.80. The van der Waals surface area contributed by atoms with Crippen molar-refractivity contribution in [1.82, 2.24) is 25.2 Å². The molecule has 2 aromatic heterocycles. The van der Waals surface area contributed by atoms with Gasteiger partial charge in [-0.3, -0.25) is 4.99 Å². The average molecular weight is 529 g/mol. The summed E-state index contributed by atoms with van der Waals surface area (Å²) in [4.78, 5) is 18.1. The Morgan fingerprint density at radius 2 is 2.07 bits per heavy atom. The predicted molar refractivity (Wildman–Crippen MR) is 115 cm³/mol. The number of nitrogens with zero attached hydrogens (tertiary/aromatic N) is 5. The smallest absolute Gasteiger partial charge is 0.357 e. The summed E-state index contributed by atoms with van der Waals surface area (Å²) in [6.07, 6.45) is -3.42. The Morgan fingerprint density at radius 1 is 1.32 bits per heavy atom. The molecule has 0 aliphatic heterocycles. The molecule has 0 atom stereocenters. The third-order valence-electron chi connectivity index (χ3n) is 3.36. The molecule has 0 aromatic carbocycles. The number of guanidine groups is 1. The van der Waals surface area contributed by atoms with Gasteiger partial charge in [0.2, 0.25) is 5.95 Å². The van der Waals surface area contributed by atoms with Crippen molar-refractivity contribution < 1.29 is 13.2 Å². The van der Waals surface area contributed by atoms with Gasteiger partial charge in [0.05, 0.1) is 23.8 Å². The monoisotopic (exact) mass is 529 g/mol. The van der Waals surface area contributed by atoms with Crippen molar-refractivity contribution in [3.63, 3.8) is 0 Å². The lowest BCUT2D eigenvalue weighted by Crippen LogP contribution is -2.38. The summed E-state index contributed by atoms with van der Waals surface area (Å²) in [5.41, 5.74) is -0.0174. The van der Waals surface area contributed by atoms with Gasteiger partial charge in [-0.05, 0) is 19.9 Å². The second kappa shape index (κ2) is 11.3. The standard InChI is InChI=1S/C16H22F3N7S.HI/c1-4-20-15(26(3)9-12-10-27-11(2)24-12)23-8-7-22-14-21-6-5-13(25-14)16(17,18)19;/h5-6,10H,4,7-9H2,1-3H3,(H,20,23)(H,21,22,25);1H. The van der Waals surface area contributed by atoms with Crippen LogP contribution < -0.4 is 10.6 Å². The molecule has 0 spiro atoms. The Hall–Kier alpha value is -1.70. The van der Waals surface area contributed by atoms with Crippen LogP contribution in [0.15, 0.2) is 22.6 Å². The Balaban J connectivity index is 0.00000392. The average Bonchev–Trinajstić information content (AvgIpc) is 3.02. The van der Waals surface area contributed by atoms with Crippen LogP contribution in [-0.4, -0.2) is 52.5 Å². The summed E-state index contributed by atoms with van der Waals surface area (Å²) in [5.74, 6) is 0.617. The number of hydrogen-bond donors (Lipinski definition) is 2. The summed E-state index contributed by atoms with van der Waals surface area (Å²) < 4.78 is 38.0. The summed E-state index contributed by atoms with van der Waals surface area (Å²) in [5, 5.41) is 8.95. The van der Waals surface area contributed by atoms with Crippen LogP contribution in [-0.2, 0) is 12.7 Å². The maximum absolute atomic E-state index is 12.7. The van der Waals surface area contributed by atoms with Gasteiger partial charge in [0.25, 0.3) is 0 Å². The van der Waals surface area contributed by atoms with E-state index in [1.54, 1.807) is 11.3 Å². The van der Waals surface area contributed by atoms with E-state index in [2.05, 4.69) is 30.6 Å². The van der Waals surface area contributed by atoms with Crippen molar-refractivity contribution in [2.75, 3.05) is 32.0 Å². The van der Waals surface area contributed by atoms with E-state index in [4.69, 9.17) is 0 Å². The molecule has 0 radical (unpaired) electrons.